The highest BCUT2D eigenvalue weighted by Crippen LogP contribution is 2.43. The van der Waals surface area contributed by atoms with E-state index in [0.717, 1.165) is 12.8 Å². The van der Waals surface area contributed by atoms with Gasteiger partial charge in [0.2, 0.25) is 11.0 Å². The van der Waals surface area contributed by atoms with Gasteiger partial charge in [-0.1, -0.05) is 72.0 Å². The zero-order valence-corrected chi connectivity index (χ0v) is 17.4. The molecular weight excluding hydrogens is 407 g/mol. The van der Waals surface area contributed by atoms with Gasteiger partial charge in [-0.3, -0.25) is 4.79 Å². The van der Waals surface area contributed by atoms with E-state index in [1.165, 1.54) is 41.1 Å². The molecule has 150 valence electrons. The van der Waals surface area contributed by atoms with E-state index in [1.807, 2.05) is 6.07 Å². The normalized spacial score (nSPS) is 14.8. The number of hydrogen-bond donors (Lipinski definition) is 2. The molecule has 0 aliphatic heterocycles. The molecule has 2 aromatic carbocycles. The van der Waals surface area contributed by atoms with Gasteiger partial charge >= 0.3 is 0 Å². The fraction of sp³-hybridized carbons (Fsp3) is 0.286. The third kappa shape index (κ3) is 4.76. The van der Waals surface area contributed by atoms with E-state index >= 15 is 0 Å². The van der Waals surface area contributed by atoms with Crippen molar-refractivity contribution >= 4 is 39.8 Å². The highest BCUT2D eigenvalue weighted by Gasteiger charge is 2.38. The minimum Gasteiger partial charge on any atom is -0.354 e. The van der Waals surface area contributed by atoms with E-state index in [1.54, 1.807) is 18.2 Å². The molecule has 0 unspecified atom stereocenters. The Balaban J connectivity index is 1.27. The molecule has 1 saturated carbocycles. The van der Waals surface area contributed by atoms with Gasteiger partial charge in [0.1, 0.15) is 5.82 Å². The summed E-state index contributed by atoms with van der Waals surface area (Å²) in [4.78, 5) is 12.3. The molecule has 1 fully saturated rings. The lowest BCUT2D eigenvalue weighted by atomic mass is 9.64. The first-order valence-electron chi connectivity index (χ1n) is 9.45. The highest BCUT2D eigenvalue weighted by molar-refractivity contribution is 8.01. The van der Waals surface area contributed by atoms with Crippen LogP contribution in [0, 0.1) is 5.82 Å². The average Bonchev–Trinajstić information content (AvgIpc) is 3.16. The lowest BCUT2D eigenvalue weighted by Gasteiger charge is -2.42. The maximum atomic E-state index is 13.7. The Kier molecular flexibility index (Phi) is 6.10. The monoisotopic (exact) mass is 428 g/mol. The van der Waals surface area contributed by atoms with Crippen LogP contribution in [-0.4, -0.2) is 28.4 Å². The molecule has 1 aliphatic carbocycles. The predicted molar refractivity (Wildman–Crippen MR) is 115 cm³/mol. The molecule has 0 radical (unpaired) electrons. The average molecular weight is 429 g/mol. The maximum Gasteiger partial charge on any atom is 0.230 e. The summed E-state index contributed by atoms with van der Waals surface area (Å²) in [7, 11) is 0. The van der Waals surface area contributed by atoms with Crippen molar-refractivity contribution in [2.24, 2.45) is 0 Å². The van der Waals surface area contributed by atoms with Gasteiger partial charge in [0.25, 0.3) is 0 Å². The van der Waals surface area contributed by atoms with Crippen LogP contribution in [0.5, 0.6) is 0 Å². The lowest BCUT2D eigenvalue weighted by Crippen LogP contribution is -2.46. The van der Waals surface area contributed by atoms with Gasteiger partial charge in [-0.2, -0.15) is 0 Å². The summed E-state index contributed by atoms with van der Waals surface area (Å²) in [5, 5.41) is 14.6. The molecule has 8 heteroatoms. The van der Waals surface area contributed by atoms with Crippen LogP contribution in [0.15, 0.2) is 58.9 Å². The van der Waals surface area contributed by atoms with Gasteiger partial charge in [0.15, 0.2) is 4.34 Å². The topological polar surface area (TPSA) is 66.9 Å². The number of halogens is 1. The van der Waals surface area contributed by atoms with E-state index in [4.69, 9.17) is 0 Å². The summed E-state index contributed by atoms with van der Waals surface area (Å²) >= 11 is 2.63. The Morgan fingerprint density at radius 3 is 2.59 bits per heavy atom. The van der Waals surface area contributed by atoms with Crippen molar-refractivity contribution in [1.29, 1.82) is 0 Å². The maximum absolute atomic E-state index is 13.7. The first-order chi connectivity index (χ1) is 14.1. The molecule has 5 nitrogen and oxygen atoms in total. The molecule has 29 heavy (non-hydrogen) atoms. The lowest BCUT2D eigenvalue weighted by molar-refractivity contribution is -0.119. The number of thioether (sulfide) groups is 1. The largest absolute Gasteiger partial charge is 0.354 e. The van der Waals surface area contributed by atoms with Gasteiger partial charge in [-0.05, 0) is 30.5 Å². The minimum absolute atomic E-state index is 0.0176. The van der Waals surface area contributed by atoms with E-state index in [-0.39, 0.29) is 22.9 Å². The van der Waals surface area contributed by atoms with Crippen LogP contribution in [0.3, 0.4) is 0 Å². The molecule has 1 heterocycles. The zero-order valence-electron chi connectivity index (χ0n) is 15.7. The van der Waals surface area contributed by atoms with Crippen molar-refractivity contribution in [3.05, 3.63) is 66.0 Å². The highest BCUT2D eigenvalue weighted by atomic mass is 32.2. The summed E-state index contributed by atoms with van der Waals surface area (Å²) < 4.78 is 14.4. The minimum atomic E-state index is -0.348. The fourth-order valence-corrected chi connectivity index (χ4v) is 5.00. The summed E-state index contributed by atoms with van der Waals surface area (Å²) in [6.07, 6.45) is 3.40. The second kappa shape index (κ2) is 8.92. The predicted octanol–water partition coefficient (Wildman–Crippen LogP) is 4.75. The molecule has 4 rings (SSSR count). The summed E-state index contributed by atoms with van der Waals surface area (Å²) in [6.45, 7) is 0.659. The van der Waals surface area contributed by atoms with Gasteiger partial charge in [0, 0.05) is 12.0 Å². The number of aromatic nitrogens is 2. The summed E-state index contributed by atoms with van der Waals surface area (Å²) in [6, 6.07) is 16.8. The third-order valence-corrected chi connectivity index (χ3v) is 7.14. The molecular formula is C21H21FN4OS2. The molecule has 3 aromatic rings. The van der Waals surface area contributed by atoms with Crippen LogP contribution < -0.4 is 10.6 Å². The number of amides is 1. The van der Waals surface area contributed by atoms with E-state index in [9.17, 15) is 9.18 Å². The SMILES string of the molecule is O=C(CSc1nnc(Nc2ccccc2F)s1)NCC1(c2ccccc2)CCC1. The van der Waals surface area contributed by atoms with Gasteiger partial charge in [-0.25, -0.2) is 4.39 Å². The first kappa shape index (κ1) is 19.8. The van der Waals surface area contributed by atoms with Gasteiger partial charge in [-0.15, -0.1) is 10.2 Å². The number of nitrogens with zero attached hydrogens (tertiary/aromatic N) is 2. The summed E-state index contributed by atoms with van der Waals surface area (Å²) in [5.41, 5.74) is 1.72. The molecule has 1 aromatic heterocycles. The van der Waals surface area contributed by atoms with Crippen LogP contribution in [-0.2, 0) is 10.2 Å². The fourth-order valence-electron chi connectivity index (χ4n) is 3.41. The molecule has 0 atom stereocenters. The Morgan fingerprint density at radius 2 is 1.86 bits per heavy atom. The number of carbonyl (C=O) groups is 1. The number of anilines is 2. The van der Waals surface area contributed by atoms with Crippen molar-refractivity contribution in [3.63, 3.8) is 0 Å². The number of carbonyl (C=O) groups excluding carboxylic acids is 1. The van der Waals surface area contributed by atoms with Crippen molar-refractivity contribution < 1.29 is 9.18 Å². The molecule has 1 aliphatic rings. The first-order valence-corrected chi connectivity index (χ1v) is 11.2. The quantitative estimate of drug-likeness (QED) is 0.507. The molecule has 0 bridgehead atoms. The smallest absolute Gasteiger partial charge is 0.230 e. The Bertz CT molecular complexity index is 976. The molecule has 1 amide bonds. The summed E-state index contributed by atoms with van der Waals surface area (Å²) in [5.74, 6) is -0.0882. The van der Waals surface area contributed by atoms with Crippen LogP contribution in [0.1, 0.15) is 24.8 Å². The Morgan fingerprint density at radius 1 is 1.10 bits per heavy atom. The van der Waals surface area contributed by atoms with Crippen LogP contribution >= 0.6 is 23.1 Å². The van der Waals surface area contributed by atoms with E-state index < -0.39 is 0 Å². The van der Waals surface area contributed by atoms with Gasteiger partial charge < -0.3 is 10.6 Å². The van der Waals surface area contributed by atoms with Crippen LogP contribution in [0.25, 0.3) is 0 Å². The van der Waals surface area contributed by atoms with Crippen LogP contribution in [0.2, 0.25) is 0 Å². The van der Waals surface area contributed by atoms with Crippen molar-refractivity contribution in [2.75, 3.05) is 17.6 Å². The Labute approximate surface area is 177 Å². The zero-order chi connectivity index (χ0) is 20.1. The number of benzene rings is 2. The third-order valence-electron chi connectivity index (χ3n) is 5.17. The van der Waals surface area contributed by atoms with Crippen molar-refractivity contribution in [2.45, 2.75) is 29.0 Å². The molecule has 0 saturated heterocycles. The van der Waals surface area contributed by atoms with Crippen LogP contribution in [0.4, 0.5) is 15.2 Å². The van der Waals surface area contributed by atoms with Crippen molar-refractivity contribution in [1.82, 2.24) is 15.5 Å². The number of hydrogen-bond acceptors (Lipinski definition) is 6. The van der Waals surface area contributed by atoms with Gasteiger partial charge in [0.05, 0.1) is 11.4 Å². The number of nitrogens with one attached hydrogen (secondary N) is 2. The molecule has 2 N–H and O–H groups in total. The van der Waals surface area contributed by atoms with E-state index in [2.05, 4.69) is 45.1 Å². The Hall–Kier alpha value is -2.45. The van der Waals surface area contributed by atoms with E-state index in [0.29, 0.717) is 21.7 Å². The van der Waals surface area contributed by atoms with Crippen molar-refractivity contribution in [3.8, 4) is 0 Å². The number of para-hydroxylation sites is 1. The second-order valence-corrected chi connectivity index (χ2v) is 9.24. The number of rotatable bonds is 8. The second-order valence-electron chi connectivity index (χ2n) is 7.04. The molecule has 0 spiro atoms. The standard InChI is InChI=1S/C21H21FN4OS2/c22-16-9-4-5-10-17(16)24-19-25-26-20(29-19)28-13-18(27)23-14-21(11-6-12-21)15-7-2-1-3-8-15/h1-5,7-10H,6,11-14H2,(H,23,27)(H,24,25).